The van der Waals surface area contributed by atoms with Crippen molar-refractivity contribution in [2.45, 2.75) is 33.4 Å². The Bertz CT molecular complexity index is 1090. The van der Waals surface area contributed by atoms with E-state index >= 15 is 0 Å². The van der Waals surface area contributed by atoms with Gasteiger partial charge in [0.05, 0.1) is 16.6 Å². The first-order chi connectivity index (χ1) is 15.9. The number of carbonyl (C=O) groups excluding carboxylic acids is 2. The maximum atomic E-state index is 13.3. The van der Waals surface area contributed by atoms with E-state index in [2.05, 4.69) is 5.32 Å². The van der Waals surface area contributed by atoms with E-state index in [1.165, 1.54) is 4.90 Å². The highest BCUT2D eigenvalue weighted by atomic mass is 35.5. The third kappa shape index (κ3) is 7.27. The standard InChI is InChI=1S/C25H27Cl2N3O3/c1-3-13-29(25(32)28-20-10-12-22(26)23(27)14-20)17-24(31)30(15-19-7-5-4-6-8-19)16-21-11-9-18(2)33-21/h4-12,14H,3,13,15-17H2,1-2H3,(H,28,32). The van der Waals surface area contributed by atoms with Crippen molar-refractivity contribution in [3.63, 3.8) is 0 Å². The van der Waals surface area contributed by atoms with E-state index in [4.69, 9.17) is 27.6 Å². The summed E-state index contributed by atoms with van der Waals surface area (Å²) in [6.45, 7) is 4.91. The van der Waals surface area contributed by atoms with Gasteiger partial charge in [-0.2, -0.15) is 0 Å². The van der Waals surface area contributed by atoms with Crippen LogP contribution in [0.5, 0.6) is 0 Å². The Labute approximate surface area is 204 Å². The van der Waals surface area contributed by atoms with Crippen molar-refractivity contribution >= 4 is 40.8 Å². The Morgan fingerprint density at radius 3 is 2.33 bits per heavy atom. The van der Waals surface area contributed by atoms with Crippen molar-refractivity contribution in [1.82, 2.24) is 9.80 Å². The number of hydrogen-bond acceptors (Lipinski definition) is 3. The molecular formula is C25H27Cl2N3O3. The van der Waals surface area contributed by atoms with Crippen LogP contribution >= 0.6 is 23.2 Å². The van der Waals surface area contributed by atoms with Gasteiger partial charge in [-0.3, -0.25) is 4.79 Å². The molecule has 0 saturated carbocycles. The lowest BCUT2D eigenvalue weighted by Crippen LogP contribution is -2.44. The van der Waals surface area contributed by atoms with Crippen molar-refractivity contribution in [2.24, 2.45) is 0 Å². The number of amides is 3. The Balaban J connectivity index is 1.74. The Morgan fingerprint density at radius 1 is 0.939 bits per heavy atom. The van der Waals surface area contributed by atoms with Gasteiger partial charge in [0.2, 0.25) is 5.91 Å². The first-order valence-electron chi connectivity index (χ1n) is 10.7. The minimum Gasteiger partial charge on any atom is -0.464 e. The van der Waals surface area contributed by atoms with Crippen molar-refractivity contribution < 1.29 is 14.0 Å². The smallest absolute Gasteiger partial charge is 0.322 e. The largest absolute Gasteiger partial charge is 0.464 e. The predicted molar refractivity (Wildman–Crippen MR) is 131 cm³/mol. The van der Waals surface area contributed by atoms with Gasteiger partial charge in [-0.05, 0) is 49.2 Å². The maximum absolute atomic E-state index is 13.3. The number of benzene rings is 2. The van der Waals surface area contributed by atoms with Crippen LogP contribution in [0.2, 0.25) is 10.0 Å². The van der Waals surface area contributed by atoms with Gasteiger partial charge in [0, 0.05) is 18.8 Å². The number of nitrogens with zero attached hydrogens (tertiary/aromatic N) is 2. The van der Waals surface area contributed by atoms with E-state index in [-0.39, 0.29) is 18.5 Å². The summed E-state index contributed by atoms with van der Waals surface area (Å²) in [4.78, 5) is 29.4. The molecule has 0 atom stereocenters. The molecule has 0 aliphatic carbocycles. The van der Waals surface area contributed by atoms with E-state index in [0.29, 0.717) is 47.5 Å². The zero-order valence-corrected chi connectivity index (χ0v) is 20.2. The van der Waals surface area contributed by atoms with Crippen LogP contribution in [0.1, 0.15) is 30.4 Å². The lowest BCUT2D eigenvalue weighted by molar-refractivity contribution is -0.133. The summed E-state index contributed by atoms with van der Waals surface area (Å²) in [6.07, 6.45) is 0.706. The van der Waals surface area contributed by atoms with Gasteiger partial charge in [-0.1, -0.05) is 60.5 Å². The zero-order chi connectivity index (χ0) is 23.8. The molecule has 0 spiro atoms. The highest BCUT2D eigenvalue weighted by molar-refractivity contribution is 6.42. The number of carbonyl (C=O) groups is 2. The van der Waals surface area contributed by atoms with Gasteiger partial charge in [0.25, 0.3) is 0 Å². The predicted octanol–water partition coefficient (Wildman–Crippen LogP) is 6.37. The summed E-state index contributed by atoms with van der Waals surface area (Å²) < 4.78 is 5.69. The first-order valence-corrected chi connectivity index (χ1v) is 11.5. The van der Waals surface area contributed by atoms with Gasteiger partial charge in [-0.15, -0.1) is 0 Å². The lowest BCUT2D eigenvalue weighted by atomic mass is 10.2. The number of rotatable bonds is 9. The van der Waals surface area contributed by atoms with Crippen LogP contribution in [-0.2, 0) is 17.9 Å². The molecule has 174 valence electrons. The summed E-state index contributed by atoms with van der Waals surface area (Å²) in [6, 6.07) is 17.9. The first kappa shape index (κ1) is 24.7. The van der Waals surface area contributed by atoms with Crippen molar-refractivity contribution in [1.29, 1.82) is 0 Å². The lowest BCUT2D eigenvalue weighted by Gasteiger charge is -2.27. The Hall–Kier alpha value is -2.96. The second kappa shape index (κ2) is 11.8. The van der Waals surface area contributed by atoms with Crippen LogP contribution in [0.4, 0.5) is 10.5 Å². The average Bonchev–Trinajstić information content (AvgIpc) is 3.20. The molecule has 0 aliphatic rings. The van der Waals surface area contributed by atoms with Gasteiger partial charge >= 0.3 is 6.03 Å². The minimum atomic E-state index is -0.378. The molecule has 2 aromatic carbocycles. The van der Waals surface area contributed by atoms with Crippen LogP contribution in [0.3, 0.4) is 0 Å². The number of nitrogens with one attached hydrogen (secondary N) is 1. The molecule has 1 heterocycles. The number of urea groups is 1. The van der Waals surface area contributed by atoms with Crippen LogP contribution < -0.4 is 5.32 Å². The highest BCUT2D eigenvalue weighted by Crippen LogP contribution is 2.25. The molecule has 1 aromatic heterocycles. The molecule has 0 radical (unpaired) electrons. The van der Waals surface area contributed by atoms with E-state index < -0.39 is 0 Å². The number of anilines is 1. The molecule has 0 fully saturated rings. The van der Waals surface area contributed by atoms with Crippen LogP contribution in [0.15, 0.2) is 65.1 Å². The van der Waals surface area contributed by atoms with Crippen LogP contribution in [0.25, 0.3) is 0 Å². The maximum Gasteiger partial charge on any atom is 0.322 e. The summed E-state index contributed by atoms with van der Waals surface area (Å²) in [7, 11) is 0. The number of furan rings is 1. The van der Waals surface area contributed by atoms with Crippen LogP contribution in [-0.4, -0.2) is 34.8 Å². The van der Waals surface area contributed by atoms with Gasteiger partial charge in [0.1, 0.15) is 18.1 Å². The third-order valence-electron chi connectivity index (χ3n) is 4.99. The molecule has 3 amide bonds. The van der Waals surface area contributed by atoms with E-state index in [9.17, 15) is 9.59 Å². The molecule has 33 heavy (non-hydrogen) atoms. The number of aryl methyl sites for hydroxylation is 1. The summed E-state index contributed by atoms with van der Waals surface area (Å²) in [5.74, 6) is 1.30. The Kier molecular flexibility index (Phi) is 8.80. The second-order valence-corrected chi connectivity index (χ2v) is 8.54. The fourth-order valence-electron chi connectivity index (χ4n) is 3.36. The molecule has 3 rings (SSSR count). The normalized spacial score (nSPS) is 10.7. The van der Waals surface area contributed by atoms with Gasteiger partial charge in [0.15, 0.2) is 0 Å². The molecule has 0 saturated heterocycles. The van der Waals surface area contributed by atoms with Crippen molar-refractivity contribution in [2.75, 3.05) is 18.4 Å². The van der Waals surface area contributed by atoms with Crippen molar-refractivity contribution in [3.8, 4) is 0 Å². The second-order valence-electron chi connectivity index (χ2n) is 7.73. The fourth-order valence-corrected chi connectivity index (χ4v) is 3.65. The monoisotopic (exact) mass is 487 g/mol. The molecular weight excluding hydrogens is 461 g/mol. The highest BCUT2D eigenvalue weighted by Gasteiger charge is 2.22. The molecule has 3 aromatic rings. The molecule has 1 N–H and O–H groups in total. The number of halogens is 2. The van der Waals surface area contributed by atoms with Gasteiger partial charge < -0.3 is 19.5 Å². The van der Waals surface area contributed by atoms with E-state index in [0.717, 1.165) is 11.3 Å². The third-order valence-corrected chi connectivity index (χ3v) is 5.73. The molecule has 0 bridgehead atoms. The number of hydrogen-bond donors (Lipinski definition) is 1. The fraction of sp³-hybridized carbons (Fsp3) is 0.280. The van der Waals surface area contributed by atoms with E-state index in [1.807, 2.05) is 56.3 Å². The Morgan fingerprint density at radius 2 is 1.70 bits per heavy atom. The molecule has 0 aliphatic heterocycles. The SMILES string of the molecule is CCCN(CC(=O)N(Cc1ccccc1)Cc1ccc(C)o1)C(=O)Nc1ccc(Cl)c(Cl)c1. The topological polar surface area (TPSA) is 65.8 Å². The molecule has 6 nitrogen and oxygen atoms in total. The summed E-state index contributed by atoms with van der Waals surface area (Å²) in [5, 5.41) is 3.54. The van der Waals surface area contributed by atoms with E-state index in [1.54, 1.807) is 23.1 Å². The molecule has 8 heteroatoms. The minimum absolute atomic E-state index is 0.0620. The summed E-state index contributed by atoms with van der Waals surface area (Å²) >= 11 is 12.0. The quantitative estimate of drug-likeness (QED) is 0.381. The zero-order valence-electron chi connectivity index (χ0n) is 18.7. The summed E-state index contributed by atoms with van der Waals surface area (Å²) in [5.41, 5.74) is 1.51. The average molecular weight is 488 g/mol. The van der Waals surface area contributed by atoms with Crippen LogP contribution in [0, 0.1) is 6.92 Å². The van der Waals surface area contributed by atoms with Crippen molar-refractivity contribution in [3.05, 3.63) is 87.8 Å². The van der Waals surface area contributed by atoms with Gasteiger partial charge in [-0.25, -0.2) is 4.79 Å². The molecule has 0 unspecified atom stereocenters.